The molecule has 1 amide bonds. The third-order valence-electron chi connectivity index (χ3n) is 5.56. The summed E-state index contributed by atoms with van der Waals surface area (Å²) in [6.45, 7) is 1.81. The van der Waals surface area contributed by atoms with Gasteiger partial charge in [0.15, 0.2) is 11.0 Å². The summed E-state index contributed by atoms with van der Waals surface area (Å²) in [5.41, 5.74) is 2.39. The van der Waals surface area contributed by atoms with E-state index < -0.39 is 0 Å². The van der Waals surface area contributed by atoms with Crippen LogP contribution in [-0.4, -0.2) is 42.9 Å². The molecule has 0 atom stereocenters. The van der Waals surface area contributed by atoms with Gasteiger partial charge in [-0.25, -0.2) is 4.68 Å². The molecule has 0 spiro atoms. The van der Waals surface area contributed by atoms with Crippen molar-refractivity contribution in [3.05, 3.63) is 70.6 Å². The molecular formula is C24H26N6O3S. The summed E-state index contributed by atoms with van der Waals surface area (Å²) < 4.78 is 10.4. The van der Waals surface area contributed by atoms with E-state index in [4.69, 9.17) is 4.74 Å². The van der Waals surface area contributed by atoms with E-state index in [1.54, 1.807) is 23.5 Å². The second-order valence-corrected chi connectivity index (χ2v) is 8.74. The number of rotatable bonds is 8. The summed E-state index contributed by atoms with van der Waals surface area (Å²) in [6.07, 6.45) is 0.231. The largest absolute Gasteiger partial charge is 0.497 e. The van der Waals surface area contributed by atoms with E-state index in [2.05, 4.69) is 15.5 Å². The van der Waals surface area contributed by atoms with Crippen LogP contribution >= 0.6 is 11.8 Å². The number of carbonyl (C=O) groups excluding carboxylic acids is 1. The molecule has 0 unspecified atom stereocenters. The Bertz CT molecular complexity index is 1360. The average Bonchev–Trinajstić information content (AvgIpc) is 3.31. The molecule has 0 aliphatic rings. The first-order chi connectivity index (χ1) is 16.4. The van der Waals surface area contributed by atoms with Crippen LogP contribution in [0.1, 0.15) is 12.1 Å². The molecule has 0 aliphatic carbocycles. The van der Waals surface area contributed by atoms with Gasteiger partial charge in [-0.1, -0.05) is 30.0 Å². The minimum absolute atomic E-state index is 0.226. The highest BCUT2D eigenvalue weighted by Crippen LogP contribution is 2.25. The number of para-hydroxylation sites is 1. The fourth-order valence-electron chi connectivity index (χ4n) is 3.58. The van der Waals surface area contributed by atoms with Gasteiger partial charge in [0.1, 0.15) is 11.4 Å². The van der Waals surface area contributed by atoms with Gasteiger partial charge in [0.2, 0.25) is 5.91 Å². The Balaban J connectivity index is 1.39. The van der Waals surface area contributed by atoms with Crippen molar-refractivity contribution in [3.63, 3.8) is 0 Å². The number of benzene rings is 2. The minimum Gasteiger partial charge on any atom is -0.497 e. The molecule has 0 aliphatic heterocycles. The molecular weight excluding hydrogens is 452 g/mol. The molecule has 0 fully saturated rings. The van der Waals surface area contributed by atoms with E-state index in [1.165, 1.54) is 11.8 Å². The van der Waals surface area contributed by atoms with Crippen molar-refractivity contribution in [1.82, 2.24) is 24.1 Å². The Morgan fingerprint density at radius 1 is 1.06 bits per heavy atom. The lowest BCUT2D eigenvalue weighted by Crippen LogP contribution is -2.23. The number of hydrogen-bond acceptors (Lipinski definition) is 6. The molecule has 9 nitrogen and oxygen atoms in total. The van der Waals surface area contributed by atoms with Gasteiger partial charge in [0.25, 0.3) is 5.56 Å². The number of thioether (sulfide) groups is 1. The molecule has 2 aromatic heterocycles. The summed E-state index contributed by atoms with van der Waals surface area (Å²) in [4.78, 5) is 25.6. The van der Waals surface area contributed by atoms with Crippen LogP contribution in [-0.2, 0) is 18.9 Å². The zero-order valence-electron chi connectivity index (χ0n) is 19.5. The Morgan fingerprint density at radius 3 is 2.44 bits per heavy atom. The first-order valence-corrected chi connectivity index (χ1v) is 11.7. The molecule has 0 bridgehead atoms. The van der Waals surface area contributed by atoms with Crippen molar-refractivity contribution in [2.45, 2.75) is 18.5 Å². The highest BCUT2D eigenvalue weighted by atomic mass is 32.2. The highest BCUT2D eigenvalue weighted by Gasteiger charge is 2.18. The second-order valence-electron chi connectivity index (χ2n) is 7.68. The fraction of sp³-hybridized carbons (Fsp3) is 0.250. The summed E-state index contributed by atoms with van der Waals surface area (Å²) in [5, 5.41) is 12.0. The molecule has 0 saturated heterocycles. The number of methoxy groups -OCH3 is 1. The Hall–Kier alpha value is -3.79. The average molecular weight is 479 g/mol. The van der Waals surface area contributed by atoms with Crippen LogP contribution in [0.3, 0.4) is 0 Å². The Labute approximate surface area is 201 Å². The lowest BCUT2D eigenvalue weighted by molar-refractivity contribution is -0.115. The number of ether oxygens (including phenoxy) is 1. The van der Waals surface area contributed by atoms with Crippen LogP contribution in [0.4, 0.5) is 5.69 Å². The number of aromatic nitrogens is 5. The normalized spacial score (nSPS) is 10.9. The van der Waals surface area contributed by atoms with Crippen molar-refractivity contribution in [2.24, 2.45) is 14.1 Å². The molecule has 10 heteroatoms. The van der Waals surface area contributed by atoms with Crippen molar-refractivity contribution >= 4 is 23.4 Å². The molecule has 4 aromatic rings. The number of nitrogens with one attached hydrogen (secondary N) is 1. The van der Waals surface area contributed by atoms with Crippen LogP contribution in [0.25, 0.3) is 17.1 Å². The Morgan fingerprint density at radius 2 is 1.76 bits per heavy atom. The maximum atomic E-state index is 13.0. The van der Waals surface area contributed by atoms with Gasteiger partial charge in [-0.2, -0.15) is 0 Å². The number of hydrogen-bond donors (Lipinski definition) is 1. The van der Waals surface area contributed by atoms with Crippen LogP contribution in [0.2, 0.25) is 0 Å². The zero-order valence-corrected chi connectivity index (χ0v) is 20.3. The molecule has 176 valence electrons. The minimum atomic E-state index is -0.260. The molecule has 1 N–H and O–H groups in total. The van der Waals surface area contributed by atoms with E-state index in [1.807, 2.05) is 73.1 Å². The summed E-state index contributed by atoms with van der Waals surface area (Å²) >= 11 is 1.44. The standard InChI is InChI=1S/C24H26N6O3S/c1-16-21(23(32)30(29(16)3)18-8-6-5-7-9-18)25-20(31)14-15-34-24-27-26-22(28(24)2)17-10-12-19(33-4)13-11-17/h5-13H,14-15H2,1-4H3,(H,25,31). The predicted octanol–water partition coefficient (Wildman–Crippen LogP) is 3.41. The number of anilines is 1. The van der Waals surface area contributed by atoms with E-state index in [9.17, 15) is 9.59 Å². The lowest BCUT2D eigenvalue weighted by atomic mass is 10.2. The van der Waals surface area contributed by atoms with Crippen molar-refractivity contribution in [3.8, 4) is 22.8 Å². The van der Waals surface area contributed by atoms with E-state index in [-0.39, 0.29) is 17.9 Å². The van der Waals surface area contributed by atoms with Crippen molar-refractivity contribution in [1.29, 1.82) is 0 Å². The van der Waals surface area contributed by atoms with Gasteiger partial charge in [0, 0.05) is 31.8 Å². The van der Waals surface area contributed by atoms with Crippen LogP contribution < -0.4 is 15.6 Å². The smallest absolute Gasteiger partial charge is 0.295 e. The molecule has 4 rings (SSSR count). The Kier molecular flexibility index (Phi) is 6.87. The van der Waals surface area contributed by atoms with E-state index >= 15 is 0 Å². The second kappa shape index (κ2) is 10.0. The SMILES string of the molecule is COc1ccc(-c2nnc(SCCC(=O)Nc3c(C)n(C)n(-c4ccccc4)c3=O)n2C)cc1. The van der Waals surface area contributed by atoms with Crippen molar-refractivity contribution < 1.29 is 9.53 Å². The lowest BCUT2D eigenvalue weighted by Gasteiger charge is -2.07. The van der Waals surface area contributed by atoms with Gasteiger partial charge in [-0.05, 0) is 43.3 Å². The maximum absolute atomic E-state index is 13.0. The van der Waals surface area contributed by atoms with E-state index in [0.29, 0.717) is 22.3 Å². The van der Waals surface area contributed by atoms with Crippen LogP contribution in [0, 0.1) is 6.92 Å². The van der Waals surface area contributed by atoms with Gasteiger partial charge < -0.3 is 14.6 Å². The van der Waals surface area contributed by atoms with Crippen LogP contribution in [0.15, 0.2) is 64.5 Å². The highest BCUT2D eigenvalue weighted by molar-refractivity contribution is 7.99. The fourth-order valence-corrected chi connectivity index (χ4v) is 4.43. The van der Waals surface area contributed by atoms with E-state index in [0.717, 1.165) is 22.8 Å². The number of amides is 1. The third kappa shape index (κ3) is 4.62. The molecule has 0 saturated carbocycles. The van der Waals surface area contributed by atoms with Gasteiger partial charge >= 0.3 is 0 Å². The van der Waals surface area contributed by atoms with Crippen molar-refractivity contribution in [2.75, 3.05) is 18.2 Å². The predicted molar refractivity (Wildman–Crippen MR) is 133 cm³/mol. The quantitative estimate of drug-likeness (QED) is 0.390. The summed E-state index contributed by atoms with van der Waals surface area (Å²) in [7, 11) is 5.31. The first-order valence-electron chi connectivity index (χ1n) is 10.7. The maximum Gasteiger partial charge on any atom is 0.295 e. The third-order valence-corrected chi connectivity index (χ3v) is 6.58. The molecule has 2 heterocycles. The van der Waals surface area contributed by atoms with Gasteiger partial charge in [-0.3, -0.25) is 14.3 Å². The summed E-state index contributed by atoms with van der Waals surface area (Å²) in [5.74, 6) is 1.78. The molecule has 34 heavy (non-hydrogen) atoms. The molecule has 2 aromatic carbocycles. The first kappa shape index (κ1) is 23.4. The number of carbonyl (C=O) groups is 1. The van der Waals surface area contributed by atoms with Gasteiger partial charge in [-0.15, -0.1) is 10.2 Å². The molecule has 0 radical (unpaired) electrons. The summed E-state index contributed by atoms with van der Waals surface area (Å²) in [6, 6.07) is 16.9. The van der Waals surface area contributed by atoms with Crippen LogP contribution in [0.5, 0.6) is 5.75 Å². The number of nitrogens with zero attached hydrogens (tertiary/aromatic N) is 5. The van der Waals surface area contributed by atoms with Gasteiger partial charge in [0.05, 0.1) is 18.5 Å². The zero-order chi connectivity index (χ0) is 24.2. The topological polar surface area (TPSA) is 96.0 Å². The monoisotopic (exact) mass is 478 g/mol.